The van der Waals surface area contributed by atoms with Gasteiger partial charge in [-0.05, 0) is 13.8 Å². The second kappa shape index (κ2) is 7.19. The van der Waals surface area contributed by atoms with Crippen LogP contribution in [0, 0.1) is 0 Å². The van der Waals surface area contributed by atoms with E-state index in [9.17, 15) is 9.59 Å². The SMILES string of the molecule is COC(C)(C)CCOC(=O)CNCC(N)=O. The fourth-order valence-corrected chi connectivity index (χ4v) is 0.852. The standard InChI is InChI=1S/C10H20N2O4/c1-10(2,15-3)4-5-16-9(14)7-12-6-8(11)13/h12H,4-7H2,1-3H3,(H2,11,13). The predicted molar refractivity (Wildman–Crippen MR) is 58.7 cm³/mol. The molecule has 0 radical (unpaired) electrons. The number of carbonyl (C=O) groups is 2. The van der Waals surface area contributed by atoms with E-state index in [-0.39, 0.29) is 25.3 Å². The summed E-state index contributed by atoms with van der Waals surface area (Å²) in [4.78, 5) is 21.5. The van der Waals surface area contributed by atoms with Crippen LogP contribution in [-0.4, -0.2) is 44.3 Å². The molecule has 6 nitrogen and oxygen atoms in total. The van der Waals surface area contributed by atoms with Gasteiger partial charge in [-0.3, -0.25) is 14.9 Å². The number of primary amides is 1. The lowest BCUT2D eigenvalue weighted by Gasteiger charge is -2.22. The van der Waals surface area contributed by atoms with Crippen LogP contribution in [0.15, 0.2) is 0 Å². The van der Waals surface area contributed by atoms with E-state index in [2.05, 4.69) is 5.32 Å². The molecular weight excluding hydrogens is 212 g/mol. The van der Waals surface area contributed by atoms with Gasteiger partial charge in [0.2, 0.25) is 5.91 Å². The van der Waals surface area contributed by atoms with Gasteiger partial charge in [-0.25, -0.2) is 0 Å². The van der Waals surface area contributed by atoms with E-state index < -0.39 is 11.9 Å². The predicted octanol–water partition coefficient (Wildman–Crippen LogP) is -0.580. The summed E-state index contributed by atoms with van der Waals surface area (Å²) >= 11 is 0. The molecule has 0 bridgehead atoms. The van der Waals surface area contributed by atoms with Crippen LogP contribution < -0.4 is 11.1 Å². The topological polar surface area (TPSA) is 90.7 Å². The Balaban J connectivity index is 3.55. The van der Waals surface area contributed by atoms with Gasteiger partial charge in [-0.1, -0.05) is 0 Å². The summed E-state index contributed by atoms with van der Waals surface area (Å²) in [5, 5.41) is 2.57. The van der Waals surface area contributed by atoms with Crippen LogP contribution >= 0.6 is 0 Å². The Labute approximate surface area is 95.5 Å². The van der Waals surface area contributed by atoms with Crippen LogP contribution in [-0.2, 0) is 19.1 Å². The minimum absolute atomic E-state index is 0.0175. The van der Waals surface area contributed by atoms with Gasteiger partial charge in [0.15, 0.2) is 0 Å². The van der Waals surface area contributed by atoms with Crippen LogP contribution in [0.4, 0.5) is 0 Å². The average Bonchev–Trinajstić information content (AvgIpc) is 2.17. The lowest BCUT2D eigenvalue weighted by molar-refractivity contribution is -0.144. The van der Waals surface area contributed by atoms with E-state index in [1.54, 1.807) is 7.11 Å². The van der Waals surface area contributed by atoms with Crippen molar-refractivity contribution < 1.29 is 19.1 Å². The molecule has 0 aliphatic rings. The third-order valence-electron chi connectivity index (χ3n) is 2.09. The molecule has 1 amide bonds. The van der Waals surface area contributed by atoms with E-state index in [4.69, 9.17) is 15.2 Å². The molecule has 0 aliphatic carbocycles. The number of nitrogens with one attached hydrogen (secondary N) is 1. The van der Waals surface area contributed by atoms with Gasteiger partial charge in [0.25, 0.3) is 0 Å². The maximum Gasteiger partial charge on any atom is 0.319 e. The van der Waals surface area contributed by atoms with E-state index in [1.165, 1.54) is 0 Å². The zero-order valence-electron chi connectivity index (χ0n) is 10.0. The summed E-state index contributed by atoms with van der Waals surface area (Å²) in [6.07, 6.45) is 0.616. The summed E-state index contributed by atoms with van der Waals surface area (Å²) in [5.74, 6) is -0.915. The molecule has 0 spiro atoms. The Bertz CT molecular complexity index is 241. The van der Waals surface area contributed by atoms with Crippen LogP contribution in [0.5, 0.6) is 0 Å². The second-order valence-electron chi connectivity index (χ2n) is 4.00. The third kappa shape index (κ3) is 8.19. The summed E-state index contributed by atoms with van der Waals surface area (Å²) < 4.78 is 10.1. The van der Waals surface area contributed by atoms with Gasteiger partial charge in [-0.2, -0.15) is 0 Å². The number of ether oxygens (including phenoxy) is 2. The number of amides is 1. The summed E-state index contributed by atoms with van der Waals surface area (Å²) in [7, 11) is 1.61. The van der Waals surface area contributed by atoms with Gasteiger partial charge in [-0.15, -0.1) is 0 Å². The van der Waals surface area contributed by atoms with Crippen LogP contribution in [0.25, 0.3) is 0 Å². The van der Waals surface area contributed by atoms with Gasteiger partial charge in [0, 0.05) is 13.5 Å². The first-order valence-corrected chi connectivity index (χ1v) is 5.07. The fourth-order valence-electron chi connectivity index (χ4n) is 0.852. The van der Waals surface area contributed by atoms with Gasteiger partial charge < -0.3 is 15.2 Å². The number of esters is 1. The minimum atomic E-state index is -0.506. The highest BCUT2D eigenvalue weighted by atomic mass is 16.5. The van der Waals surface area contributed by atoms with Crippen molar-refractivity contribution in [2.75, 3.05) is 26.8 Å². The van der Waals surface area contributed by atoms with Crippen molar-refractivity contribution in [3.8, 4) is 0 Å². The molecule has 0 saturated heterocycles. The molecule has 94 valence electrons. The molecule has 0 aromatic rings. The van der Waals surface area contributed by atoms with Crippen LogP contribution in [0.3, 0.4) is 0 Å². The Morgan fingerprint density at radius 1 is 1.31 bits per heavy atom. The number of hydrogen-bond acceptors (Lipinski definition) is 5. The first kappa shape index (κ1) is 14.9. The number of rotatable bonds is 8. The average molecular weight is 232 g/mol. The highest BCUT2D eigenvalue weighted by Gasteiger charge is 2.16. The van der Waals surface area contributed by atoms with Gasteiger partial charge in [0.05, 0.1) is 25.3 Å². The molecule has 6 heteroatoms. The number of methoxy groups -OCH3 is 1. The molecule has 0 heterocycles. The number of carbonyl (C=O) groups excluding carboxylic acids is 2. The molecule has 0 atom stereocenters. The first-order chi connectivity index (χ1) is 7.37. The van der Waals surface area contributed by atoms with Crippen LogP contribution in [0.2, 0.25) is 0 Å². The van der Waals surface area contributed by atoms with Gasteiger partial charge in [0.1, 0.15) is 0 Å². The second-order valence-corrected chi connectivity index (χ2v) is 4.00. The highest BCUT2D eigenvalue weighted by molar-refractivity contribution is 5.77. The van der Waals surface area contributed by atoms with Crippen LogP contribution in [0.1, 0.15) is 20.3 Å². The Morgan fingerprint density at radius 2 is 1.94 bits per heavy atom. The monoisotopic (exact) mass is 232 g/mol. The Kier molecular flexibility index (Phi) is 6.67. The highest BCUT2D eigenvalue weighted by Crippen LogP contribution is 2.12. The number of hydrogen-bond donors (Lipinski definition) is 2. The normalized spacial score (nSPS) is 11.2. The zero-order chi connectivity index (χ0) is 12.6. The fraction of sp³-hybridized carbons (Fsp3) is 0.800. The molecule has 16 heavy (non-hydrogen) atoms. The zero-order valence-corrected chi connectivity index (χ0v) is 10.0. The summed E-state index contributed by atoms with van der Waals surface area (Å²) in [6.45, 7) is 4.06. The Hall–Kier alpha value is -1.14. The van der Waals surface area contributed by atoms with Crippen molar-refractivity contribution in [2.24, 2.45) is 5.73 Å². The molecule has 0 aromatic heterocycles. The van der Waals surface area contributed by atoms with E-state index >= 15 is 0 Å². The van der Waals surface area contributed by atoms with Crippen molar-refractivity contribution in [2.45, 2.75) is 25.9 Å². The van der Waals surface area contributed by atoms with Crippen molar-refractivity contribution in [3.05, 3.63) is 0 Å². The quantitative estimate of drug-likeness (QED) is 0.546. The molecule has 0 aromatic carbocycles. The molecule has 0 unspecified atom stereocenters. The summed E-state index contributed by atoms with van der Waals surface area (Å²) in [6, 6.07) is 0. The molecule has 0 aliphatic heterocycles. The first-order valence-electron chi connectivity index (χ1n) is 5.07. The molecule has 0 rings (SSSR count). The minimum Gasteiger partial charge on any atom is -0.465 e. The lowest BCUT2D eigenvalue weighted by atomic mass is 10.1. The van der Waals surface area contributed by atoms with E-state index in [1.807, 2.05) is 13.8 Å². The molecule has 0 fully saturated rings. The lowest BCUT2D eigenvalue weighted by Crippen LogP contribution is -2.33. The van der Waals surface area contributed by atoms with Crippen molar-refractivity contribution in [3.63, 3.8) is 0 Å². The van der Waals surface area contributed by atoms with Gasteiger partial charge >= 0.3 is 5.97 Å². The Morgan fingerprint density at radius 3 is 2.44 bits per heavy atom. The largest absolute Gasteiger partial charge is 0.465 e. The van der Waals surface area contributed by atoms with E-state index in [0.717, 1.165) is 0 Å². The summed E-state index contributed by atoms with van der Waals surface area (Å²) in [5.41, 5.74) is 4.58. The van der Waals surface area contributed by atoms with Crippen molar-refractivity contribution in [1.82, 2.24) is 5.32 Å². The number of nitrogens with two attached hydrogens (primary N) is 1. The van der Waals surface area contributed by atoms with Crippen molar-refractivity contribution in [1.29, 1.82) is 0 Å². The maximum atomic E-state index is 11.1. The molecule has 0 saturated carbocycles. The van der Waals surface area contributed by atoms with E-state index in [0.29, 0.717) is 6.42 Å². The smallest absolute Gasteiger partial charge is 0.319 e. The molecular formula is C10H20N2O4. The van der Waals surface area contributed by atoms with Crippen molar-refractivity contribution >= 4 is 11.9 Å². The third-order valence-corrected chi connectivity index (χ3v) is 2.09. The molecule has 3 N–H and O–H groups in total. The maximum absolute atomic E-state index is 11.1.